The van der Waals surface area contributed by atoms with Crippen LogP contribution in [0.2, 0.25) is 0 Å². The van der Waals surface area contributed by atoms with E-state index in [-0.39, 0.29) is 0 Å². The minimum Gasteiger partial charge on any atom is -0.330 e. The third kappa shape index (κ3) is 2.70. The molecule has 0 aliphatic carbocycles. The Kier molecular flexibility index (Phi) is 3.85. The Hall–Kier alpha value is -0.860. The van der Waals surface area contributed by atoms with E-state index in [0.717, 1.165) is 13.1 Å². The van der Waals surface area contributed by atoms with Crippen LogP contribution in [-0.2, 0) is 0 Å². The summed E-state index contributed by atoms with van der Waals surface area (Å²) in [6, 6.07) is 7.41. The molecule has 0 bridgehead atoms. The van der Waals surface area contributed by atoms with Crippen molar-refractivity contribution in [2.45, 2.75) is 39.2 Å². The van der Waals surface area contributed by atoms with E-state index in [0.29, 0.717) is 17.9 Å². The zero-order valence-corrected chi connectivity index (χ0v) is 11.2. The summed E-state index contributed by atoms with van der Waals surface area (Å²) in [6.45, 7) is 8.47. The molecule has 3 N–H and O–H groups in total. The average molecular weight is 232 g/mol. The molecule has 1 saturated heterocycles. The van der Waals surface area contributed by atoms with Crippen LogP contribution in [0.1, 0.15) is 36.0 Å². The van der Waals surface area contributed by atoms with Gasteiger partial charge in [-0.3, -0.25) is 0 Å². The topological polar surface area (TPSA) is 38.0 Å². The van der Waals surface area contributed by atoms with E-state index in [1.54, 1.807) is 0 Å². The summed E-state index contributed by atoms with van der Waals surface area (Å²) in [6.07, 6.45) is 1.20. The molecule has 2 heteroatoms. The predicted molar refractivity (Wildman–Crippen MR) is 73.3 cm³/mol. The second-order valence-electron chi connectivity index (χ2n) is 5.51. The SMILES string of the molecule is Cc1ccc(C2CC(C)NCC2CN)c(C)c1. The normalized spacial score (nSPS) is 29.3. The van der Waals surface area contributed by atoms with Crippen LogP contribution in [-0.4, -0.2) is 19.1 Å². The standard InChI is InChI=1S/C15H24N2/c1-10-4-5-14(11(2)6-10)15-7-12(3)17-9-13(15)8-16/h4-6,12-13,15,17H,7-9,16H2,1-3H3. The molecular formula is C15H24N2. The van der Waals surface area contributed by atoms with Gasteiger partial charge in [-0.25, -0.2) is 0 Å². The van der Waals surface area contributed by atoms with Crippen LogP contribution in [0.5, 0.6) is 0 Å². The van der Waals surface area contributed by atoms with E-state index in [1.165, 1.54) is 23.1 Å². The molecule has 1 aromatic rings. The highest BCUT2D eigenvalue weighted by Gasteiger charge is 2.29. The van der Waals surface area contributed by atoms with E-state index in [1.807, 2.05) is 0 Å². The Balaban J connectivity index is 2.28. The van der Waals surface area contributed by atoms with Crippen molar-refractivity contribution in [2.75, 3.05) is 13.1 Å². The van der Waals surface area contributed by atoms with Crippen LogP contribution < -0.4 is 11.1 Å². The van der Waals surface area contributed by atoms with Crippen LogP contribution in [0.25, 0.3) is 0 Å². The summed E-state index contributed by atoms with van der Waals surface area (Å²) in [7, 11) is 0. The lowest BCUT2D eigenvalue weighted by molar-refractivity contribution is 0.284. The first kappa shape index (κ1) is 12.6. The maximum Gasteiger partial charge on any atom is 0.00447 e. The predicted octanol–water partition coefficient (Wildman–Crippen LogP) is 2.34. The molecule has 0 radical (unpaired) electrons. The molecule has 0 aromatic heterocycles. The number of aryl methyl sites for hydroxylation is 2. The number of rotatable bonds is 2. The Morgan fingerprint density at radius 2 is 2.12 bits per heavy atom. The highest BCUT2D eigenvalue weighted by atomic mass is 14.9. The molecule has 1 heterocycles. The largest absolute Gasteiger partial charge is 0.330 e. The number of benzene rings is 1. The van der Waals surface area contributed by atoms with Gasteiger partial charge in [-0.2, -0.15) is 0 Å². The third-order valence-corrected chi connectivity index (χ3v) is 4.03. The maximum atomic E-state index is 5.92. The fourth-order valence-corrected chi connectivity index (χ4v) is 3.02. The number of hydrogen-bond donors (Lipinski definition) is 2. The molecule has 0 spiro atoms. The molecule has 2 nitrogen and oxygen atoms in total. The zero-order chi connectivity index (χ0) is 12.4. The van der Waals surface area contributed by atoms with Crippen molar-refractivity contribution in [3.63, 3.8) is 0 Å². The lowest BCUT2D eigenvalue weighted by Crippen LogP contribution is -2.44. The molecule has 2 rings (SSSR count). The first-order chi connectivity index (χ1) is 8.11. The number of piperidine rings is 1. The van der Waals surface area contributed by atoms with Gasteiger partial charge in [0.2, 0.25) is 0 Å². The van der Waals surface area contributed by atoms with Crippen LogP contribution in [0.4, 0.5) is 0 Å². The van der Waals surface area contributed by atoms with Crippen molar-refractivity contribution in [1.29, 1.82) is 0 Å². The molecular weight excluding hydrogens is 208 g/mol. The quantitative estimate of drug-likeness (QED) is 0.821. The maximum absolute atomic E-state index is 5.92. The van der Waals surface area contributed by atoms with Crippen molar-refractivity contribution in [3.05, 3.63) is 34.9 Å². The highest BCUT2D eigenvalue weighted by molar-refractivity contribution is 5.34. The molecule has 1 aliphatic rings. The minimum atomic E-state index is 0.576. The lowest BCUT2D eigenvalue weighted by Gasteiger charge is -2.36. The molecule has 1 aromatic carbocycles. The van der Waals surface area contributed by atoms with Gasteiger partial charge in [-0.1, -0.05) is 23.8 Å². The fourth-order valence-electron chi connectivity index (χ4n) is 3.02. The number of nitrogens with one attached hydrogen (secondary N) is 1. The van der Waals surface area contributed by atoms with E-state index in [4.69, 9.17) is 5.73 Å². The van der Waals surface area contributed by atoms with Gasteiger partial charge in [0.15, 0.2) is 0 Å². The third-order valence-electron chi connectivity index (χ3n) is 4.03. The van der Waals surface area contributed by atoms with E-state index >= 15 is 0 Å². The first-order valence-corrected chi connectivity index (χ1v) is 6.62. The van der Waals surface area contributed by atoms with E-state index < -0.39 is 0 Å². The van der Waals surface area contributed by atoms with E-state index in [2.05, 4.69) is 44.3 Å². The van der Waals surface area contributed by atoms with Gasteiger partial charge in [-0.05, 0) is 63.2 Å². The number of nitrogens with two attached hydrogens (primary N) is 1. The summed E-state index contributed by atoms with van der Waals surface area (Å²) < 4.78 is 0. The monoisotopic (exact) mass is 232 g/mol. The summed E-state index contributed by atoms with van der Waals surface area (Å²) in [5, 5.41) is 3.53. The molecule has 0 amide bonds. The highest BCUT2D eigenvalue weighted by Crippen LogP contribution is 2.34. The van der Waals surface area contributed by atoms with Crippen LogP contribution in [0.15, 0.2) is 18.2 Å². The lowest BCUT2D eigenvalue weighted by atomic mass is 9.77. The van der Waals surface area contributed by atoms with Crippen LogP contribution in [0.3, 0.4) is 0 Å². The van der Waals surface area contributed by atoms with Crippen molar-refractivity contribution in [1.82, 2.24) is 5.32 Å². The second kappa shape index (κ2) is 5.19. The fraction of sp³-hybridized carbons (Fsp3) is 0.600. The first-order valence-electron chi connectivity index (χ1n) is 6.62. The Morgan fingerprint density at radius 1 is 1.35 bits per heavy atom. The molecule has 1 fully saturated rings. The molecule has 0 saturated carbocycles. The van der Waals surface area contributed by atoms with Gasteiger partial charge < -0.3 is 11.1 Å². The van der Waals surface area contributed by atoms with Crippen molar-refractivity contribution in [2.24, 2.45) is 11.7 Å². The molecule has 3 unspecified atom stereocenters. The second-order valence-corrected chi connectivity index (χ2v) is 5.51. The van der Waals surface area contributed by atoms with Crippen molar-refractivity contribution < 1.29 is 0 Å². The minimum absolute atomic E-state index is 0.576. The molecule has 17 heavy (non-hydrogen) atoms. The summed E-state index contributed by atoms with van der Waals surface area (Å²) in [5.74, 6) is 1.20. The average Bonchev–Trinajstić information content (AvgIpc) is 2.29. The molecule has 3 atom stereocenters. The van der Waals surface area contributed by atoms with Gasteiger partial charge in [0, 0.05) is 6.04 Å². The zero-order valence-electron chi connectivity index (χ0n) is 11.2. The van der Waals surface area contributed by atoms with E-state index in [9.17, 15) is 0 Å². The van der Waals surface area contributed by atoms with Crippen molar-refractivity contribution >= 4 is 0 Å². The van der Waals surface area contributed by atoms with Gasteiger partial charge in [0.25, 0.3) is 0 Å². The number of hydrogen-bond acceptors (Lipinski definition) is 2. The Bertz CT molecular complexity index is 387. The van der Waals surface area contributed by atoms with Gasteiger partial charge in [0.1, 0.15) is 0 Å². The smallest absolute Gasteiger partial charge is 0.00447 e. The van der Waals surface area contributed by atoms with Gasteiger partial charge in [-0.15, -0.1) is 0 Å². The summed E-state index contributed by atoms with van der Waals surface area (Å²) in [5.41, 5.74) is 10.2. The van der Waals surface area contributed by atoms with Crippen LogP contribution in [0, 0.1) is 19.8 Å². The van der Waals surface area contributed by atoms with Gasteiger partial charge in [0.05, 0.1) is 0 Å². The van der Waals surface area contributed by atoms with Crippen LogP contribution >= 0.6 is 0 Å². The summed E-state index contributed by atoms with van der Waals surface area (Å²) >= 11 is 0. The molecule has 1 aliphatic heterocycles. The Morgan fingerprint density at radius 3 is 2.76 bits per heavy atom. The Labute approximate surface area is 105 Å². The summed E-state index contributed by atoms with van der Waals surface area (Å²) in [4.78, 5) is 0. The van der Waals surface area contributed by atoms with Crippen molar-refractivity contribution in [3.8, 4) is 0 Å². The molecule has 94 valence electrons. The van der Waals surface area contributed by atoms with Gasteiger partial charge >= 0.3 is 0 Å².